The van der Waals surface area contributed by atoms with Crippen molar-refractivity contribution in [3.63, 3.8) is 0 Å². The molecular weight excluding hydrogens is 414 g/mol. The largest absolute Gasteiger partial charge is 0.380 e. The summed E-state index contributed by atoms with van der Waals surface area (Å²) >= 11 is 0. The first-order valence-corrected chi connectivity index (χ1v) is 15.4. The predicted octanol–water partition coefficient (Wildman–Crippen LogP) is 10.5. The smallest absolute Gasteiger partial charge is 0.0617 e. The van der Waals surface area contributed by atoms with E-state index in [1.807, 2.05) is 0 Å². The fourth-order valence-electron chi connectivity index (χ4n) is 4.40. The molecule has 1 atom stereocenters. The summed E-state index contributed by atoms with van der Waals surface area (Å²) in [6.45, 7) is 6.19. The van der Waals surface area contributed by atoms with E-state index in [2.05, 4.69) is 38.2 Å². The first-order valence-electron chi connectivity index (χ1n) is 15.4. The molecule has 0 rings (SSSR count). The van der Waals surface area contributed by atoms with Crippen LogP contribution < -0.4 is 5.73 Å². The molecule has 2 heteroatoms. The van der Waals surface area contributed by atoms with E-state index in [1.54, 1.807) is 0 Å². The zero-order chi connectivity index (χ0) is 24.8. The van der Waals surface area contributed by atoms with Crippen molar-refractivity contribution in [2.45, 2.75) is 168 Å². The fraction of sp³-hybridized carbons (Fsp3) is 0.875. The van der Waals surface area contributed by atoms with Crippen molar-refractivity contribution in [1.29, 1.82) is 0 Å². The molecule has 2 nitrogen and oxygen atoms in total. The van der Waals surface area contributed by atoms with Gasteiger partial charge in [-0.15, -0.1) is 0 Å². The van der Waals surface area contributed by atoms with Crippen LogP contribution in [0.15, 0.2) is 24.3 Å². The van der Waals surface area contributed by atoms with Crippen LogP contribution in [-0.2, 0) is 4.74 Å². The molecule has 0 radical (unpaired) electrons. The van der Waals surface area contributed by atoms with Crippen LogP contribution in [0, 0.1) is 0 Å². The van der Waals surface area contributed by atoms with Gasteiger partial charge in [0.25, 0.3) is 0 Å². The van der Waals surface area contributed by atoms with Crippen molar-refractivity contribution < 1.29 is 4.74 Å². The highest BCUT2D eigenvalue weighted by molar-refractivity contribution is 4.92. The maximum Gasteiger partial charge on any atom is 0.0617 e. The Kier molecular flexibility index (Phi) is 29.9. The first kappa shape index (κ1) is 33.4. The van der Waals surface area contributed by atoms with Crippen molar-refractivity contribution in [2.24, 2.45) is 5.73 Å². The van der Waals surface area contributed by atoms with Crippen molar-refractivity contribution in [3.05, 3.63) is 24.3 Å². The lowest BCUT2D eigenvalue weighted by Crippen LogP contribution is -2.26. The second-order valence-electron chi connectivity index (χ2n) is 10.4. The summed E-state index contributed by atoms with van der Waals surface area (Å²) in [5, 5.41) is 0. The van der Waals surface area contributed by atoms with Crippen LogP contribution in [0.1, 0.15) is 162 Å². The second kappa shape index (κ2) is 30.4. The zero-order valence-corrected chi connectivity index (χ0v) is 23.6. The van der Waals surface area contributed by atoms with E-state index in [0.29, 0.717) is 0 Å². The van der Waals surface area contributed by atoms with Gasteiger partial charge in [-0.1, -0.05) is 141 Å². The molecule has 0 aliphatic carbocycles. The summed E-state index contributed by atoms with van der Waals surface area (Å²) in [5.41, 5.74) is 6.22. The van der Waals surface area contributed by atoms with E-state index >= 15 is 0 Å². The third-order valence-corrected chi connectivity index (χ3v) is 6.75. The minimum Gasteiger partial charge on any atom is -0.380 e. The lowest BCUT2D eigenvalue weighted by atomic mass is 10.0. The van der Waals surface area contributed by atoms with Gasteiger partial charge >= 0.3 is 0 Å². The minimum absolute atomic E-state index is 0.233. The van der Waals surface area contributed by atoms with Crippen LogP contribution in [-0.4, -0.2) is 19.3 Å². The van der Waals surface area contributed by atoms with Gasteiger partial charge < -0.3 is 10.5 Å². The zero-order valence-electron chi connectivity index (χ0n) is 23.6. The SMILES string of the molecule is CCCCCC=CCC=CCCCCCCCCCC(N)COCCCCCCCCCCC. The Bertz CT molecular complexity index is 417. The van der Waals surface area contributed by atoms with Crippen molar-refractivity contribution in [1.82, 2.24) is 0 Å². The molecule has 0 aromatic heterocycles. The summed E-state index contributed by atoms with van der Waals surface area (Å²) in [6, 6.07) is 0.233. The van der Waals surface area contributed by atoms with E-state index < -0.39 is 0 Å². The van der Waals surface area contributed by atoms with Gasteiger partial charge in [-0.3, -0.25) is 0 Å². The Hall–Kier alpha value is -0.600. The van der Waals surface area contributed by atoms with E-state index in [4.69, 9.17) is 10.5 Å². The van der Waals surface area contributed by atoms with Crippen molar-refractivity contribution >= 4 is 0 Å². The van der Waals surface area contributed by atoms with Gasteiger partial charge in [-0.2, -0.15) is 0 Å². The molecular formula is C32H63NO. The molecule has 1 unspecified atom stereocenters. The Morgan fingerprint density at radius 1 is 0.529 bits per heavy atom. The van der Waals surface area contributed by atoms with Crippen LogP contribution in [0.4, 0.5) is 0 Å². The standard InChI is InChI=1S/C32H63NO/c1-3-5-7-9-11-13-14-15-16-17-18-19-20-21-23-25-27-29-32(33)31-34-30-28-26-24-22-12-10-8-6-4-2/h11,13,15-16,32H,3-10,12,14,17-31,33H2,1-2H3. The molecule has 0 aliphatic rings. The number of nitrogens with two attached hydrogens (primary N) is 1. The molecule has 2 N–H and O–H groups in total. The fourth-order valence-corrected chi connectivity index (χ4v) is 4.40. The van der Waals surface area contributed by atoms with E-state index in [-0.39, 0.29) is 6.04 Å². The minimum atomic E-state index is 0.233. The number of hydrogen-bond donors (Lipinski definition) is 1. The van der Waals surface area contributed by atoms with E-state index in [9.17, 15) is 0 Å². The van der Waals surface area contributed by atoms with Crippen LogP contribution in [0.2, 0.25) is 0 Å². The number of ether oxygens (including phenoxy) is 1. The normalized spacial score (nSPS) is 12.9. The van der Waals surface area contributed by atoms with E-state index in [0.717, 1.165) is 26.1 Å². The maximum absolute atomic E-state index is 6.22. The highest BCUT2D eigenvalue weighted by Gasteiger charge is 2.02. The van der Waals surface area contributed by atoms with Crippen molar-refractivity contribution in [3.8, 4) is 0 Å². The number of unbranched alkanes of at least 4 members (excludes halogenated alkanes) is 18. The lowest BCUT2D eigenvalue weighted by molar-refractivity contribution is 0.114. The van der Waals surface area contributed by atoms with Gasteiger partial charge in [0.2, 0.25) is 0 Å². The predicted molar refractivity (Wildman–Crippen MR) is 155 cm³/mol. The molecule has 0 aromatic rings. The van der Waals surface area contributed by atoms with Crippen LogP contribution in [0.5, 0.6) is 0 Å². The van der Waals surface area contributed by atoms with Crippen LogP contribution >= 0.6 is 0 Å². The Labute approximate surface area is 215 Å². The molecule has 0 heterocycles. The molecule has 0 aromatic carbocycles. The van der Waals surface area contributed by atoms with Crippen LogP contribution in [0.25, 0.3) is 0 Å². The average Bonchev–Trinajstić information content (AvgIpc) is 2.84. The highest BCUT2D eigenvalue weighted by atomic mass is 16.5. The molecule has 0 saturated carbocycles. The summed E-state index contributed by atoms with van der Waals surface area (Å²) in [7, 11) is 0. The lowest BCUT2D eigenvalue weighted by Gasteiger charge is -2.12. The maximum atomic E-state index is 6.22. The number of allylic oxidation sites excluding steroid dienone is 4. The first-order chi connectivity index (χ1) is 16.8. The van der Waals surface area contributed by atoms with Gasteiger partial charge in [0, 0.05) is 12.6 Å². The van der Waals surface area contributed by atoms with Gasteiger partial charge in [0.1, 0.15) is 0 Å². The molecule has 0 fully saturated rings. The van der Waals surface area contributed by atoms with Crippen molar-refractivity contribution in [2.75, 3.05) is 13.2 Å². The molecule has 0 saturated heterocycles. The quantitative estimate of drug-likeness (QED) is 0.0898. The number of hydrogen-bond acceptors (Lipinski definition) is 2. The average molecular weight is 478 g/mol. The molecule has 34 heavy (non-hydrogen) atoms. The summed E-state index contributed by atoms with van der Waals surface area (Å²) in [5.74, 6) is 0. The van der Waals surface area contributed by atoms with Gasteiger partial charge in [-0.05, 0) is 44.9 Å². The van der Waals surface area contributed by atoms with Gasteiger partial charge in [0.15, 0.2) is 0 Å². The Balaban J connectivity index is 3.22. The summed E-state index contributed by atoms with van der Waals surface area (Å²) < 4.78 is 5.80. The Morgan fingerprint density at radius 3 is 1.56 bits per heavy atom. The molecule has 202 valence electrons. The molecule has 0 bridgehead atoms. The molecule has 0 spiro atoms. The summed E-state index contributed by atoms with van der Waals surface area (Å²) in [4.78, 5) is 0. The number of rotatable bonds is 28. The van der Waals surface area contributed by atoms with E-state index in [1.165, 1.54) is 135 Å². The van der Waals surface area contributed by atoms with Gasteiger partial charge in [0.05, 0.1) is 6.61 Å². The second-order valence-corrected chi connectivity index (χ2v) is 10.4. The summed E-state index contributed by atoms with van der Waals surface area (Å²) in [6.07, 6.45) is 39.9. The van der Waals surface area contributed by atoms with Crippen LogP contribution in [0.3, 0.4) is 0 Å². The molecule has 0 amide bonds. The molecule has 0 aliphatic heterocycles. The third-order valence-electron chi connectivity index (χ3n) is 6.75. The van der Waals surface area contributed by atoms with Gasteiger partial charge in [-0.25, -0.2) is 0 Å². The third kappa shape index (κ3) is 29.4. The highest BCUT2D eigenvalue weighted by Crippen LogP contribution is 2.12. The monoisotopic (exact) mass is 477 g/mol. The Morgan fingerprint density at radius 2 is 0.971 bits per heavy atom. The topological polar surface area (TPSA) is 35.2 Å².